The average Bonchev–Trinajstić information content (AvgIpc) is 3.18. The number of ketones is 2. The Balaban J connectivity index is 2.00. The molecule has 0 saturated carbocycles. The van der Waals surface area contributed by atoms with Crippen molar-refractivity contribution >= 4 is 22.9 Å². The lowest BCUT2D eigenvalue weighted by Gasteiger charge is -2.29. The van der Waals surface area contributed by atoms with Gasteiger partial charge in [-0.3, -0.25) is 19.7 Å². The molecule has 8 heteroatoms. The number of benzene rings is 1. The first-order chi connectivity index (χ1) is 12.5. The number of carbonyl (C=O) groups is 2. The third-order valence-electron chi connectivity index (χ3n) is 4.36. The number of nitrogens with one attached hydrogen (secondary N) is 1. The summed E-state index contributed by atoms with van der Waals surface area (Å²) in [6.45, 7) is 0. The Bertz CT molecular complexity index is 1020. The molecule has 4 rings (SSSR count). The fourth-order valence-electron chi connectivity index (χ4n) is 3.26. The zero-order chi connectivity index (χ0) is 18.4. The van der Waals surface area contributed by atoms with E-state index in [0.717, 1.165) is 0 Å². The van der Waals surface area contributed by atoms with Gasteiger partial charge >= 0.3 is 5.70 Å². The summed E-state index contributed by atoms with van der Waals surface area (Å²) >= 11 is 1.28. The molecule has 1 atom stereocenters. The molecule has 1 aliphatic carbocycles. The number of allylic oxidation sites excluding steroid dienone is 2. The summed E-state index contributed by atoms with van der Waals surface area (Å²) in [6.07, 6.45) is 0. The van der Waals surface area contributed by atoms with Gasteiger partial charge in [-0.05, 0) is 11.4 Å². The lowest BCUT2D eigenvalue weighted by molar-refractivity contribution is -0.433. The number of fused-ring (bicyclic) bond motifs is 1. The molecular formula is C18H12N2O5S. The summed E-state index contributed by atoms with van der Waals surface area (Å²) in [5.74, 6) is -2.13. The zero-order valence-electron chi connectivity index (χ0n) is 13.5. The number of ether oxygens (including phenoxy) is 1. The van der Waals surface area contributed by atoms with Gasteiger partial charge in [-0.2, -0.15) is 0 Å². The van der Waals surface area contributed by atoms with Gasteiger partial charge in [-0.1, -0.05) is 30.3 Å². The molecule has 1 aliphatic heterocycles. The van der Waals surface area contributed by atoms with Crippen molar-refractivity contribution in [3.63, 3.8) is 0 Å². The lowest BCUT2D eigenvalue weighted by Crippen LogP contribution is -2.35. The molecule has 0 bridgehead atoms. The van der Waals surface area contributed by atoms with Gasteiger partial charge in [0.2, 0.25) is 5.78 Å². The van der Waals surface area contributed by atoms with E-state index >= 15 is 0 Å². The van der Waals surface area contributed by atoms with E-state index in [2.05, 4.69) is 5.32 Å². The minimum absolute atomic E-state index is 0.0156. The van der Waals surface area contributed by atoms with E-state index in [1.165, 1.54) is 18.4 Å². The van der Waals surface area contributed by atoms with Gasteiger partial charge in [0.1, 0.15) is 5.92 Å². The van der Waals surface area contributed by atoms with Gasteiger partial charge < -0.3 is 10.1 Å². The minimum Gasteiger partial charge on any atom is -0.431 e. The first kappa shape index (κ1) is 16.2. The van der Waals surface area contributed by atoms with Crippen molar-refractivity contribution in [2.24, 2.45) is 0 Å². The van der Waals surface area contributed by atoms with Crippen LogP contribution in [0.1, 0.15) is 31.5 Å². The van der Waals surface area contributed by atoms with Gasteiger partial charge in [0, 0.05) is 23.1 Å². The minimum atomic E-state index is -0.971. The van der Waals surface area contributed by atoms with Gasteiger partial charge in [0.05, 0.1) is 10.5 Å². The fourth-order valence-corrected chi connectivity index (χ4v) is 4.09. The average molecular weight is 368 g/mol. The number of Topliss-reactive ketones (excluding diaryl/α,β-unsaturated/α-hetero) is 2. The van der Waals surface area contributed by atoms with Crippen molar-refractivity contribution in [2.45, 2.75) is 5.92 Å². The molecule has 2 heterocycles. The van der Waals surface area contributed by atoms with Crippen LogP contribution in [0.4, 0.5) is 0 Å². The Morgan fingerprint density at radius 1 is 1.12 bits per heavy atom. The van der Waals surface area contributed by atoms with Gasteiger partial charge in [-0.15, -0.1) is 11.3 Å². The van der Waals surface area contributed by atoms with E-state index in [1.807, 2.05) is 0 Å². The Labute approximate surface area is 151 Å². The molecule has 1 aromatic heterocycles. The molecule has 26 heavy (non-hydrogen) atoms. The molecule has 7 nitrogen and oxygen atoms in total. The number of thiophene rings is 1. The molecule has 0 amide bonds. The topological polar surface area (TPSA) is 98.5 Å². The van der Waals surface area contributed by atoms with Crippen LogP contribution in [0.2, 0.25) is 0 Å². The second-order valence-electron chi connectivity index (χ2n) is 5.72. The highest BCUT2D eigenvalue weighted by molar-refractivity contribution is 7.10. The van der Waals surface area contributed by atoms with Gasteiger partial charge in [0.25, 0.3) is 5.88 Å². The van der Waals surface area contributed by atoms with Crippen LogP contribution in [0, 0.1) is 10.1 Å². The van der Waals surface area contributed by atoms with Crippen LogP contribution in [0.3, 0.4) is 0 Å². The highest BCUT2D eigenvalue weighted by Gasteiger charge is 2.48. The normalized spacial score (nSPS) is 19.0. The highest BCUT2D eigenvalue weighted by Crippen LogP contribution is 2.45. The predicted molar refractivity (Wildman–Crippen MR) is 93.4 cm³/mol. The molecule has 1 N–H and O–H groups in total. The monoisotopic (exact) mass is 368 g/mol. The Morgan fingerprint density at radius 2 is 1.81 bits per heavy atom. The van der Waals surface area contributed by atoms with Crippen LogP contribution < -0.4 is 5.32 Å². The van der Waals surface area contributed by atoms with E-state index in [1.54, 1.807) is 41.8 Å². The molecule has 1 unspecified atom stereocenters. The standard InChI is InChI=1S/C18H12N2O5S/c1-19-18-14(20(23)24)12(11-7-4-8-26-11)13-15(21)9-5-2-3-6-10(9)16(22)17(13)25-18/h2-8,12,19H,1H3. The molecule has 130 valence electrons. The zero-order valence-corrected chi connectivity index (χ0v) is 14.3. The summed E-state index contributed by atoms with van der Waals surface area (Å²) in [5.41, 5.74) is 0.203. The van der Waals surface area contributed by atoms with Crippen molar-refractivity contribution in [3.05, 3.63) is 90.8 Å². The van der Waals surface area contributed by atoms with Crippen LogP contribution >= 0.6 is 11.3 Å². The lowest BCUT2D eigenvalue weighted by atomic mass is 9.79. The second-order valence-corrected chi connectivity index (χ2v) is 6.70. The van der Waals surface area contributed by atoms with Crippen molar-refractivity contribution < 1.29 is 19.2 Å². The Morgan fingerprint density at radius 3 is 2.38 bits per heavy atom. The van der Waals surface area contributed by atoms with Crippen molar-refractivity contribution in [3.8, 4) is 0 Å². The maximum absolute atomic E-state index is 13.1. The Kier molecular flexibility index (Phi) is 3.69. The van der Waals surface area contributed by atoms with E-state index in [4.69, 9.17) is 4.74 Å². The molecule has 0 fully saturated rings. The summed E-state index contributed by atoms with van der Waals surface area (Å²) in [5, 5.41) is 16.2. The van der Waals surface area contributed by atoms with E-state index in [9.17, 15) is 19.7 Å². The molecular weight excluding hydrogens is 356 g/mol. The number of hydrogen-bond acceptors (Lipinski definition) is 7. The summed E-state index contributed by atoms with van der Waals surface area (Å²) in [7, 11) is 1.47. The first-order valence-electron chi connectivity index (χ1n) is 7.74. The van der Waals surface area contributed by atoms with E-state index < -0.39 is 22.4 Å². The summed E-state index contributed by atoms with van der Waals surface area (Å²) in [6, 6.07) is 9.87. The van der Waals surface area contributed by atoms with Crippen LogP contribution in [0.5, 0.6) is 0 Å². The van der Waals surface area contributed by atoms with Gasteiger partial charge in [-0.25, -0.2) is 0 Å². The largest absolute Gasteiger partial charge is 0.431 e. The second kappa shape index (κ2) is 5.92. The van der Waals surface area contributed by atoms with Crippen LogP contribution in [-0.2, 0) is 4.74 Å². The van der Waals surface area contributed by atoms with Crippen molar-refractivity contribution in [2.75, 3.05) is 7.05 Å². The van der Waals surface area contributed by atoms with E-state index in [0.29, 0.717) is 4.88 Å². The third-order valence-corrected chi connectivity index (χ3v) is 5.30. The maximum Gasteiger partial charge on any atom is 0.318 e. The molecule has 1 aromatic carbocycles. The third kappa shape index (κ3) is 2.19. The molecule has 0 spiro atoms. The Hall–Kier alpha value is -3.26. The number of nitro groups is 1. The molecule has 2 aliphatic rings. The number of hydrogen-bond donors (Lipinski definition) is 1. The van der Waals surface area contributed by atoms with Crippen molar-refractivity contribution in [1.82, 2.24) is 5.32 Å². The van der Waals surface area contributed by atoms with E-state index in [-0.39, 0.29) is 34.0 Å². The van der Waals surface area contributed by atoms with Crippen LogP contribution in [0.25, 0.3) is 0 Å². The fraction of sp³-hybridized carbons (Fsp3) is 0.111. The quantitative estimate of drug-likeness (QED) is 0.661. The van der Waals surface area contributed by atoms with Gasteiger partial charge in [0.15, 0.2) is 11.5 Å². The number of carbonyl (C=O) groups excluding carboxylic acids is 2. The molecule has 2 aromatic rings. The number of rotatable bonds is 3. The highest BCUT2D eigenvalue weighted by atomic mass is 32.1. The number of nitrogens with zero attached hydrogens (tertiary/aromatic N) is 1. The molecule has 0 saturated heterocycles. The smallest absolute Gasteiger partial charge is 0.318 e. The van der Waals surface area contributed by atoms with Crippen molar-refractivity contribution in [1.29, 1.82) is 0 Å². The first-order valence-corrected chi connectivity index (χ1v) is 8.62. The maximum atomic E-state index is 13.1. The summed E-state index contributed by atoms with van der Waals surface area (Å²) < 4.78 is 5.52. The van der Waals surface area contributed by atoms with Crippen LogP contribution in [0.15, 0.2) is 64.7 Å². The van der Waals surface area contributed by atoms with Crippen LogP contribution in [-0.4, -0.2) is 23.5 Å². The summed E-state index contributed by atoms with van der Waals surface area (Å²) in [4.78, 5) is 37.8. The SMILES string of the molecule is CNC1=C([N+](=O)[O-])C(c2cccs2)C2=C(O1)C(=O)c1ccccc1C2=O. The predicted octanol–water partition coefficient (Wildman–Crippen LogP) is 2.86. The molecule has 0 radical (unpaired) electrons.